The van der Waals surface area contributed by atoms with Crippen LogP contribution in [0.1, 0.15) is 5.56 Å². The van der Waals surface area contributed by atoms with Gasteiger partial charge in [-0.1, -0.05) is 30.3 Å². The number of ether oxygens (including phenoxy) is 4. The zero-order valence-corrected chi connectivity index (χ0v) is 13.2. The first kappa shape index (κ1) is 16.2. The fourth-order valence-electron chi connectivity index (χ4n) is 3.23. The molecular weight excluding hydrogens is 302 g/mol. The summed E-state index contributed by atoms with van der Waals surface area (Å²) in [6, 6.07) is 8.86. The first-order valence-corrected chi connectivity index (χ1v) is 7.48. The molecule has 3 atom stereocenters. The van der Waals surface area contributed by atoms with Gasteiger partial charge < -0.3 is 24.1 Å². The van der Waals surface area contributed by atoms with Gasteiger partial charge in [0.1, 0.15) is 31.5 Å². The molecule has 0 bridgehead atoms. The second-order valence-corrected chi connectivity index (χ2v) is 5.70. The number of hydrogen-bond donors (Lipinski definition) is 1. The Bertz CT molecular complexity index is 547. The molecule has 1 unspecified atom stereocenters. The number of carbonyl (C=O) groups excluding carboxylic acids is 1. The van der Waals surface area contributed by atoms with Gasteiger partial charge in [-0.2, -0.15) is 0 Å². The molecule has 7 heteroatoms. The lowest BCUT2D eigenvalue weighted by molar-refractivity contribution is -0.224. The van der Waals surface area contributed by atoms with Crippen molar-refractivity contribution in [2.45, 2.75) is 30.6 Å². The minimum absolute atomic E-state index is 0.122. The predicted octanol–water partition coefficient (Wildman–Crippen LogP) is 0.756. The van der Waals surface area contributed by atoms with Gasteiger partial charge in [0.05, 0.1) is 6.54 Å². The molecule has 1 amide bonds. The Balaban J connectivity index is 1.72. The summed E-state index contributed by atoms with van der Waals surface area (Å²) in [5.74, 6) is -1.09. The summed E-state index contributed by atoms with van der Waals surface area (Å²) in [5, 5.41) is 10.1. The second kappa shape index (κ2) is 6.45. The number of aliphatic hydroxyl groups excluding tert-OH is 1. The van der Waals surface area contributed by atoms with Crippen molar-refractivity contribution < 1.29 is 28.8 Å². The summed E-state index contributed by atoms with van der Waals surface area (Å²) in [5.41, 5.74) is 0.893. The number of β-amino-alcohol motifs (C(OH)–C–C–N with tert-alkyl or cyclic N) is 1. The van der Waals surface area contributed by atoms with E-state index >= 15 is 0 Å². The van der Waals surface area contributed by atoms with Crippen molar-refractivity contribution in [2.24, 2.45) is 0 Å². The summed E-state index contributed by atoms with van der Waals surface area (Å²) < 4.78 is 21.8. The van der Waals surface area contributed by atoms with Crippen LogP contribution >= 0.6 is 0 Å². The minimum atomic E-state index is -1.09. The van der Waals surface area contributed by atoms with Crippen molar-refractivity contribution in [3.05, 3.63) is 35.9 Å². The molecule has 2 heterocycles. The maximum absolute atomic E-state index is 12.5. The van der Waals surface area contributed by atoms with Crippen molar-refractivity contribution in [3.8, 4) is 0 Å². The highest BCUT2D eigenvalue weighted by Crippen LogP contribution is 2.39. The van der Waals surface area contributed by atoms with Crippen LogP contribution in [0, 0.1) is 0 Å². The molecule has 0 aromatic heterocycles. The summed E-state index contributed by atoms with van der Waals surface area (Å²) >= 11 is 0. The van der Waals surface area contributed by atoms with Crippen LogP contribution in [0.3, 0.4) is 0 Å². The van der Waals surface area contributed by atoms with E-state index in [0.717, 1.165) is 5.56 Å². The SMILES string of the molecule is COC1(OC)COC2[C@H](O)CN(C(=O)OCc3ccccc3)[C@@H]21. The topological polar surface area (TPSA) is 77.5 Å². The lowest BCUT2D eigenvalue weighted by Crippen LogP contribution is -2.55. The van der Waals surface area contributed by atoms with Gasteiger partial charge >= 0.3 is 6.09 Å². The van der Waals surface area contributed by atoms with E-state index in [0.29, 0.717) is 0 Å². The molecule has 2 aliphatic rings. The van der Waals surface area contributed by atoms with E-state index in [-0.39, 0.29) is 19.8 Å². The van der Waals surface area contributed by atoms with Crippen molar-refractivity contribution in [1.29, 1.82) is 0 Å². The predicted molar refractivity (Wildman–Crippen MR) is 79.6 cm³/mol. The first-order chi connectivity index (χ1) is 11.1. The Morgan fingerprint density at radius 3 is 2.70 bits per heavy atom. The molecule has 3 rings (SSSR count). The number of methoxy groups -OCH3 is 2. The van der Waals surface area contributed by atoms with Crippen molar-refractivity contribution in [1.82, 2.24) is 4.90 Å². The third-order valence-corrected chi connectivity index (χ3v) is 4.47. The Kier molecular flexibility index (Phi) is 4.54. The lowest BCUT2D eigenvalue weighted by Gasteiger charge is -2.35. The lowest BCUT2D eigenvalue weighted by atomic mass is 10.1. The van der Waals surface area contributed by atoms with Gasteiger partial charge in [-0.25, -0.2) is 4.79 Å². The monoisotopic (exact) mass is 323 g/mol. The number of aliphatic hydroxyl groups is 1. The Hall–Kier alpha value is -1.67. The molecule has 2 fully saturated rings. The fourth-order valence-corrected chi connectivity index (χ4v) is 3.23. The van der Waals surface area contributed by atoms with Crippen LogP contribution in [0.25, 0.3) is 0 Å². The summed E-state index contributed by atoms with van der Waals surface area (Å²) in [6.45, 7) is 0.434. The zero-order chi connectivity index (χ0) is 16.4. The van der Waals surface area contributed by atoms with E-state index in [2.05, 4.69) is 0 Å². The molecule has 0 aliphatic carbocycles. The van der Waals surface area contributed by atoms with E-state index in [1.807, 2.05) is 30.3 Å². The third-order valence-electron chi connectivity index (χ3n) is 4.47. The van der Waals surface area contributed by atoms with Gasteiger partial charge in [-0.3, -0.25) is 4.90 Å². The number of likely N-dealkylation sites (tertiary alicyclic amines) is 1. The molecule has 0 spiro atoms. The minimum Gasteiger partial charge on any atom is -0.445 e. The molecule has 1 aromatic rings. The van der Waals surface area contributed by atoms with Gasteiger partial charge in [0.25, 0.3) is 0 Å². The van der Waals surface area contributed by atoms with Crippen molar-refractivity contribution in [3.63, 3.8) is 0 Å². The molecule has 2 aliphatic heterocycles. The Morgan fingerprint density at radius 1 is 1.35 bits per heavy atom. The highest BCUT2D eigenvalue weighted by molar-refractivity contribution is 5.69. The molecule has 0 saturated carbocycles. The van der Waals surface area contributed by atoms with Crippen LogP contribution in [-0.4, -0.2) is 67.5 Å². The van der Waals surface area contributed by atoms with Crippen LogP contribution in [0.4, 0.5) is 4.79 Å². The van der Waals surface area contributed by atoms with E-state index < -0.39 is 30.1 Å². The van der Waals surface area contributed by atoms with Gasteiger partial charge in [0.15, 0.2) is 0 Å². The highest BCUT2D eigenvalue weighted by atomic mass is 16.7. The zero-order valence-electron chi connectivity index (χ0n) is 13.2. The van der Waals surface area contributed by atoms with Crippen molar-refractivity contribution >= 4 is 6.09 Å². The van der Waals surface area contributed by atoms with Crippen LogP contribution in [0.15, 0.2) is 30.3 Å². The van der Waals surface area contributed by atoms with Crippen molar-refractivity contribution in [2.75, 3.05) is 27.4 Å². The number of fused-ring (bicyclic) bond motifs is 1. The molecule has 0 radical (unpaired) electrons. The smallest absolute Gasteiger partial charge is 0.410 e. The van der Waals surface area contributed by atoms with E-state index in [1.54, 1.807) is 0 Å². The molecule has 7 nitrogen and oxygen atoms in total. The number of hydrogen-bond acceptors (Lipinski definition) is 6. The Labute approximate surface area is 134 Å². The standard InChI is InChI=1S/C16H21NO6/c1-20-16(21-2)10-23-13-12(18)8-17(14(13)16)15(19)22-9-11-6-4-3-5-7-11/h3-7,12-14,18H,8-10H2,1-2H3/t12-,13?,14+/m1/s1. The summed E-state index contributed by atoms with van der Waals surface area (Å²) in [6.07, 6.45) is -1.86. The van der Waals surface area contributed by atoms with E-state index in [1.165, 1.54) is 19.1 Å². The molecule has 126 valence electrons. The molecular formula is C16H21NO6. The summed E-state index contributed by atoms with van der Waals surface area (Å²) in [7, 11) is 2.99. The van der Waals surface area contributed by atoms with Gasteiger partial charge in [0.2, 0.25) is 5.79 Å². The second-order valence-electron chi connectivity index (χ2n) is 5.70. The highest BCUT2D eigenvalue weighted by Gasteiger charge is 2.61. The van der Waals surface area contributed by atoms with E-state index in [4.69, 9.17) is 18.9 Å². The number of carbonyl (C=O) groups is 1. The average Bonchev–Trinajstić information content (AvgIpc) is 3.13. The van der Waals surface area contributed by atoms with Crippen LogP contribution in [0.5, 0.6) is 0 Å². The quantitative estimate of drug-likeness (QED) is 0.824. The molecule has 2 saturated heterocycles. The van der Waals surface area contributed by atoms with Crippen LogP contribution in [-0.2, 0) is 25.6 Å². The van der Waals surface area contributed by atoms with Gasteiger partial charge in [-0.05, 0) is 5.56 Å². The number of amides is 1. The molecule has 23 heavy (non-hydrogen) atoms. The Morgan fingerprint density at radius 2 is 2.04 bits per heavy atom. The largest absolute Gasteiger partial charge is 0.445 e. The maximum atomic E-state index is 12.5. The van der Waals surface area contributed by atoms with E-state index in [9.17, 15) is 9.90 Å². The van der Waals surface area contributed by atoms with Gasteiger partial charge in [0, 0.05) is 14.2 Å². The third kappa shape index (κ3) is 2.81. The summed E-state index contributed by atoms with van der Waals surface area (Å²) in [4.78, 5) is 13.9. The van der Waals surface area contributed by atoms with Gasteiger partial charge in [-0.15, -0.1) is 0 Å². The van der Waals surface area contributed by atoms with Crippen LogP contribution < -0.4 is 0 Å². The average molecular weight is 323 g/mol. The number of nitrogens with zero attached hydrogens (tertiary/aromatic N) is 1. The molecule has 1 aromatic carbocycles. The molecule has 1 N–H and O–H groups in total. The number of benzene rings is 1. The maximum Gasteiger partial charge on any atom is 0.410 e. The van der Waals surface area contributed by atoms with Crippen LogP contribution in [0.2, 0.25) is 0 Å². The number of rotatable bonds is 4. The normalized spacial score (nSPS) is 28.7. The first-order valence-electron chi connectivity index (χ1n) is 7.48. The fraction of sp³-hybridized carbons (Fsp3) is 0.562.